The molecule has 0 fully saturated rings. The lowest BCUT2D eigenvalue weighted by atomic mass is 9.94. The van der Waals surface area contributed by atoms with Crippen molar-refractivity contribution in [2.45, 2.75) is 19.4 Å². The predicted molar refractivity (Wildman–Crippen MR) is 96.1 cm³/mol. The molecule has 1 aliphatic heterocycles. The van der Waals surface area contributed by atoms with Gasteiger partial charge in [0.25, 0.3) is 5.56 Å². The molecular formula is C18H15BrN2O5. The molecule has 1 aromatic heterocycles. The molecule has 0 saturated carbocycles. The molecule has 0 amide bonds. The number of halogens is 1. The number of benzene rings is 1. The van der Waals surface area contributed by atoms with E-state index < -0.39 is 17.6 Å². The van der Waals surface area contributed by atoms with Crippen molar-refractivity contribution in [1.82, 2.24) is 4.98 Å². The summed E-state index contributed by atoms with van der Waals surface area (Å²) in [5.41, 5.74) is 1.15. The van der Waals surface area contributed by atoms with Gasteiger partial charge in [-0.3, -0.25) is 9.59 Å². The molecule has 2 aromatic rings. The Labute approximate surface area is 157 Å². The maximum Gasteiger partial charge on any atom is 0.309 e. The number of esters is 1. The quantitative estimate of drug-likeness (QED) is 0.765. The lowest BCUT2D eigenvalue weighted by Gasteiger charge is -2.28. The molecule has 0 radical (unpaired) electrons. The first kappa shape index (κ1) is 18.0. The van der Waals surface area contributed by atoms with Crippen LogP contribution < -0.4 is 15.0 Å². The van der Waals surface area contributed by atoms with Gasteiger partial charge in [0.05, 0.1) is 30.3 Å². The number of carbonyl (C=O) groups excluding carboxylic acids is 1. The fourth-order valence-electron chi connectivity index (χ4n) is 2.83. The first-order valence-corrected chi connectivity index (χ1v) is 8.65. The van der Waals surface area contributed by atoms with Crippen LogP contribution in [0.1, 0.15) is 30.6 Å². The third-order valence-electron chi connectivity index (χ3n) is 3.99. The van der Waals surface area contributed by atoms with E-state index in [1.807, 2.05) is 6.07 Å². The first-order chi connectivity index (χ1) is 12.5. The second-order valence-electron chi connectivity index (χ2n) is 5.55. The van der Waals surface area contributed by atoms with Crippen LogP contribution in [0.4, 0.5) is 0 Å². The molecule has 8 heteroatoms. The van der Waals surface area contributed by atoms with Crippen molar-refractivity contribution in [3.05, 3.63) is 44.2 Å². The molecule has 0 aliphatic carbocycles. The number of pyridine rings is 1. The second kappa shape index (κ2) is 7.22. The Morgan fingerprint density at radius 3 is 2.85 bits per heavy atom. The number of aromatic amines is 1. The monoisotopic (exact) mass is 418 g/mol. The number of nitriles is 1. The van der Waals surface area contributed by atoms with Crippen LogP contribution >= 0.6 is 15.9 Å². The lowest BCUT2D eigenvalue weighted by molar-refractivity contribution is -0.145. The van der Waals surface area contributed by atoms with Gasteiger partial charge in [-0.05, 0) is 35.0 Å². The Morgan fingerprint density at radius 2 is 2.19 bits per heavy atom. The largest absolute Gasteiger partial charge is 0.495 e. The minimum absolute atomic E-state index is 0.0442. The number of carbonyl (C=O) groups is 1. The van der Waals surface area contributed by atoms with Crippen molar-refractivity contribution >= 4 is 21.9 Å². The summed E-state index contributed by atoms with van der Waals surface area (Å²) in [6.45, 7) is 1.97. The number of fused-ring (bicyclic) bond motifs is 3. The maximum absolute atomic E-state index is 12.1. The van der Waals surface area contributed by atoms with Crippen LogP contribution in [0.2, 0.25) is 0 Å². The topological polar surface area (TPSA) is 101 Å². The summed E-state index contributed by atoms with van der Waals surface area (Å²) in [5.74, 6) is 0.589. The molecule has 1 unspecified atom stereocenters. The van der Waals surface area contributed by atoms with E-state index >= 15 is 0 Å². The van der Waals surface area contributed by atoms with E-state index in [-0.39, 0.29) is 18.6 Å². The van der Waals surface area contributed by atoms with Gasteiger partial charge < -0.3 is 19.2 Å². The summed E-state index contributed by atoms with van der Waals surface area (Å²) < 4.78 is 16.9. The highest BCUT2D eigenvalue weighted by Gasteiger charge is 2.31. The van der Waals surface area contributed by atoms with Crippen LogP contribution in [0.25, 0.3) is 11.3 Å². The Hall–Kier alpha value is -2.79. The molecule has 3 rings (SSSR count). The van der Waals surface area contributed by atoms with E-state index in [0.29, 0.717) is 32.8 Å². The normalized spacial score (nSPS) is 14.5. The third-order valence-corrected chi connectivity index (χ3v) is 4.61. The fourth-order valence-corrected chi connectivity index (χ4v) is 3.34. The van der Waals surface area contributed by atoms with Crippen LogP contribution in [0.5, 0.6) is 11.5 Å². The molecule has 0 saturated heterocycles. The van der Waals surface area contributed by atoms with E-state index in [0.717, 1.165) is 0 Å². The highest BCUT2D eigenvalue weighted by atomic mass is 79.9. The van der Waals surface area contributed by atoms with Crippen molar-refractivity contribution in [3.8, 4) is 28.8 Å². The zero-order valence-corrected chi connectivity index (χ0v) is 15.7. The molecule has 2 heterocycles. The molecule has 1 aromatic carbocycles. The minimum atomic E-state index is -0.689. The molecule has 0 bridgehead atoms. The van der Waals surface area contributed by atoms with E-state index in [9.17, 15) is 9.59 Å². The molecule has 134 valence electrons. The Kier molecular flexibility index (Phi) is 5.00. The van der Waals surface area contributed by atoms with E-state index in [4.69, 9.17) is 19.5 Å². The molecule has 0 spiro atoms. The van der Waals surface area contributed by atoms with E-state index in [2.05, 4.69) is 20.9 Å². The van der Waals surface area contributed by atoms with Gasteiger partial charge in [-0.1, -0.05) is 0 Å². The van der Waals surface area contributed by atoms with Gasteiger partial charge in [0.2, 0.25) is 0 Å². The van der Waals surface area contributed by atoms with E-state index in [1.165, 1.54) is 13.2 Å². The highest BCUT2D eigenvalue weighted by Crippen LogP contribution is 2.46. The number of nitrogens with zero attached hydrogens (tertiary/aromatic N) is 1. The molecule has 26 heavy (non-hydrogen) atoms. The summed E-state index contributed by atoms with van der Waals surface area (Å²) >= 11 is 3.41. The fraction of sp³-hybridized carbons (Fsp3) is 0.278. The van der Waals surface area contributed by atoms with Gasteiger partial charge >= 0.3 is 5.97 Å². The summed E-state index contributed by atoms with van der Waals surface area (Å²) in [7, 11) is 1.53. The van der Waals surface area contributed by atoms with Gasteiger partial charge in [0.1, 0.15) is 29.2 Å². The Bertz CT molecular complexity index is 977. The molecule has 7 nitrogen and oxygen atoms in total. The van der Waals surface area contributed by atoms with Gasteiger partial charge in [-0.2, -0.15) is 5.26 Å². The predicted octanol–water partition coefficient (Wildman–Crippen LogP) is 3.07. The van der Waals surface area contributed by atoms with Gasteiger partial charge in [-0.15, -0.1) is 0 Å². The average Bonchev–Trinajstić information content (AvgIpc) is 2.61. The highest BCUT2D eigenvalue weighted by molar-refractivity contribution is 9.10. The number of rotatable bonds is 4. The second-order valence-corrected chi connectivity index (χ2v) is 6.41. The standard InChI is InChI=1S/C18H15BrN2O5/c1-3-25-16(22)7-14-10-4-9(8-20)18(23)21-17(10)11-5-12(19)15(24-2)6-13(11)26-14/h4-6,14H,3,7H2,1-2H3,(H,21,23). The van der Waals surface area contributed by atoms with Crippen LogP contribution in [-0.4, -0.2) is 24.7 Å². The van der Waals surface area contributed by atoms with Crippen LogP contribution in [0.3, 0.4) is 0 Å². The van der Waals surface area contributed by atoms with Crippen LogP contribution in [0, 0.1) is 11.3 Å². The zero-order chi connectivity index (χ0) is 18.8. The van der Waals surface area contributed by atoms with Crippen molar-refractivity contribution in [2.24, 2.45) is 0 Å². The molecule has 1 aliphatic rings. The van der Waals surface area contributed by atoms with Crippen LogP contribution in [-0.2, 0) is 9.53 Å². The van der Waals surface area contributed by atoms with Crippen molar-refractivity contribution in [2.75, 3.05) is 13.7 Å². The summed E-state index contributed by atoms with van der Waals surface area (Å²) in [6.07, 6.45) is -0.735. The third kappa shape index (κ3) is 3.18. The number of nitrogens with one attached hydrogen (secondary N) is 1. The number of H-pyrrole nitrogens is 1. The number of hydrogen-bond acceptors (Lipinski definition) is 6. The van der Waals surface area contributed by atoms with Crippen molar-refractivity contribution in [3.63, 3.8) is 0 Å². The number of ether oxygens (including phenoxy) is 3. The number of hydrogen-bond donors (Lipinski definition) is 1. The molecular weight excluding hydrogens is 404 g/mol. The average molecular weight is 419 g/mol. The van der Waals surface area contributed by atoms with Gasteiger partial charge in [0.15, 0.2) is 0 Å². The van der Waals surface area contributed by atoms with E-state index in [1.54, 1.807) is 19.1 Å². The maximum atomic E-state index is 12.1. The minimum Gasteiger partial charge on any atom is -0.495 e. The Balaban J connectivity index is 2.17. The van der Waals surface area contributed by atoms with Gasteiger partial charge in [0, 0.05) is 17.2 Å². The summed E-state index contributed by atoms with van der Waals surface area (Å²) in [6, 6.07) is 6.75. The van der Waals surface area contributed by atoms with Crippen molar-refractivity contribution < 1.29 is 19.0 Å². The summed E-state index contributed by atoms with van der Waals surface area (Å²) in [5, 5.41) is 9.15. The zero-order valence-electron chi connectivity index (χ0n) is 14.1. The van der Waals surface area contributed by atoms with Crippen molar-refractivity contribution in [1.29, 1.82) is 5.26 Å². The number of methoxy groups -OCH3 is 1. The van der Waals surface area contributed by atoms with Crippen LogP contribution in [0.15, 0.2) is 27.5 Å². The number of aromatic nitrogens is 1. The SMILES string of the molecule is CCOC(=O)CC1Oc2cc(OC)c(Br)cc2-c2[nH]c(=O)c(C#N)cc21. The summed E-state index contributed by atoms with van der Waals surface area (Å²) in [4.78, 5) is 26.8. The molecule has 1 N–H and O–H groups in total. The first-order valence-electron chi connectivity index (χ1n) is 7.86. The smallest absolute Gasteiger partial charge is 0.309 e. The Morgan fingerprint density at radius 1 is 1.42 bits per heavy atom. The van der Waals surface area contributed by atoms with Gasteiger partial charge in [-0.25, -0.2) is 0 Å². The lowest BCUT2D eigenvalue weighted by Crippen LogP contribution is -2.23. The molecule has 1 atom stereocenters.